The number of nitrogens with one attached hydrogen (secondary N) is 1. The Labute approximate surface area is 176 Å². The minimum absolute atomic E-state index is 0.105. The number of anilines is 1. The Morgan fingerprint density at radius 1 is 0.933 bits per heavy atom. The van der Waals surface area contributed by atoms with E-state index < -0.39 is 5.97 Å². The SMILES string of the molecule is O=C(O)c1ccc(NCc2cc(O)ccc2O)cc1CC12CC3CC(CC(C3)C1)C2. The fourth-order valence-corrected chi connectivity index (χ4v) is 6.88. The van der Waals surface area contributed by atoms with Crippen molar-refractivity contribution in [1.29, 1.82) is 0 Å². The zero-order valence-electron chi connectivity index (χ0n) is 17.1. The maximum atomic E-state index is 11.9. The van der Waals surface area contributed by atoms with Gasteiger partial charge in [-0.3, -0.25) is 0 Å². The molecule has 5 heteroatoms. The number of phenolic OH excluding ortho intramolecular Hbond substituents is 2. The van der Waals surface area contributed by atoms with Crippen molar-refractivity contribution in [3.8, 4) is 11.5 Å². The molecule has 158 valence electrons. The lowest BCUT2D eigenvalue weighted by Crippen LogP contribution is -2.47. The lowest BCUT2D eigenvalue weighted by Gasteiger charge is -2.57. The van der Waals surface area contributed by atoms with Crippen molar-refractivity contribution in [1.82, 2.24) is 0 Å². The second-order valence-corrected chi connectivity index (χ2v) is 9.94. The predicted octanol–water partition coefficient (Wildman–Crippen LogP) is 5.17. The lowest BCUT2D eigenvalue weighted by molar-refractivity contribution is -0.0522. The molecule has 0 aromatic heterocycles. The monoisotopic (exact) mass is 407 g/mol. The highest BCUT2D eigenvalue weighted by Gasteiger charge is 2.50. The molecule has 4 aliphatic rings. The van der Waals surface area contributed by atoms with Crippen LogP contribution in [-0.2, 0) is 13.0 Å². The highest BCUT2D eigenvalue weighted by atomic mass is 16.4. The first kappa shape index (κ1) is 19.3. The largest absolute Gasteiger partial charge is 0.508 e. The zero-order valence-corrected chi connectivity index (χ0v) is 17.1. The molecule has 0 unspecified atom stereocenters. The quantitative estimate of drug-likeness (QED) is 0.496. The molecule has 30 heavy (non-hydrogen) atoms. The molecule has 0 spiro atoms. The van der Waals surface area contributed by atoms with E-state index in [1.165, 1.54) is 56.7 Å². The summed E-state index contributed by atoms with van der Waals surface area (Å²) in [6.07, 6.45) is 8.69. The number of hydrogen-bond acceptors (Lipinski definition) is 4. The van der Waals surface area contributed by atoms with Gasteiger partial charge < -0.3 is 20.6 Å². The van der Waals surface area contributed by atoms with Crippen molar-refractivity contribution in [2.24, 2.45) is 23.2 Å². The van der Waals surface area contributed by atoms with E-state index >= 15 is 0 Å². The van der Waals surface area contributed by atoms with E-state index in [1.807, 2.05) is 6.07 Å². The van der Waals surface area contributed by atoms with Gasteiger partial charge >= 0.3 is 5.97 Å². The number of aromatic hydroxyl groups is 2. The van der Waals surface area contributed by atoms with E-state index in [9.17, 15) is 20.1 Å². The van der Waals surface area contributed by atoms with E-state index in [-0.39, 0.29) is 16.9 Å². The second-order valence-electron chi connectivity index (χ2n) is 9.94. The van der Waals surface area contributed by atoms with Gasteiger partial charge in [-0.05, 0) is 110 Å². The third kappa shape index (κ3) is 3.62. The van der Waals surface area contributed by atoms with Crippen LogP contribution in [0.15, 0.2) is 36.4 Å². The van der Waals surface area contributed by atoms with Gasteiger partial charge in [0.2, 0.25) is 0 Å². The summed E-state index contributed by atoms with van der Waals surface area (Å²) < 4.78 is 0. The summed E-state index contributed by atoms with van der Waals surface area (Å²) >= 11 is 0. The third-order valence-electron chi connectivity index (χ3n) is 7.61. The van der Waals surface area contributed by atoms with Crippen LogP contribution in [0.25, 0.3) is 0 Å². The van der Waals surface area contributed by atoms with Gasteiger partial charge in [0, 0.05) is 17.8 Å². The van der Waals surface area contributed by atoms with Crippen LogP contribution in [-0.4, -0.2) is 21.3 Å². The van der Waals surface area contributed by atoms with Crippen molar-refractivity contribution in [3.05, 3.63) is 53.1 Å². The number of carbonyl (C=O) groups is 1. The molecule has 0 amide bonds. The first-order valence-corrected chi connectivity index (χ1v) is 11.0. The number of carboxylic acid groups (broad SMARTS) is 1. The molecule has 5 nitrogen and oxygen atoms in total. The average molecular weight is 408 g/mol. The number of aromatic carboxylic acids is 1. The second kappa shape index (κ2) is 7.22. The van der Waals surface area contributed by atoms with Crippen LogP contribution in [0, 0.1) is 23.2 Å². The first-order chi connectivity index (χ1) is 14.4. The third-order valence-corrected chi connectivity index (χ3v) is 7.61. The highest BCUT2D eigenvalue weighted by molar-refractivity contribution is 5.90. The minimum atomic E-state index is -0.869. The number of hydrogen-bond donors (Lipinski definition) is 4. The van der Waals surface area contributed by atoms with Gasteiger partial charge in [-0.15, -0.1) is 0 Å². The Bertz CT molecular complexity index is 948. The van der Waals surface area contributed by atoms with E-state index in [4.69, 9.17) is 0 Å². The summed E-state index contributed by atoms with van der Waals surface area (Å²) in [5, 5.41) is 32.7. The van der Waals surface area contributed by atoms with Crippen molar-refractivity contribution in [2.75, 3.05) is 5.32 Å². The fraction of sp³-hybridized carbons (Fsp3) is 0.480. The molecule has 4 aliphatic carbocycles. The zero-order chi connectivity index (χ0) is 20.9. The molecule has 0 atom stereocenters. The Balaban J connectivity index is 1.39. The van der Waals surface area contributed by atoms with Gasteiger partial charge in [-0.2, -0.15) is 0 Å². The molecule has 4 bridgehead atoms. The van der Waals surface area contributed by atoms with Crippen molar-refractivity contribution in [2.45, 2.75) is 51.5 Å². The van der Waals surface area contributed by atoms with E-state index in [0.717, 1.165) is 35.4 Å². The van der Waals surface area contributed by atoms with Crippen LogP contribution >= 0.6 is 0 Å². The highest BCUT2D eigenvalue weighted by Crippen LogP contribution is 2.61. The van der Waals surface area contributed by atoms with Gasteiger partial charge in [0.05, 0.1) is 5.56 Å². The van der Waals surface area contributed by atoms with Gasteiger partial charge in [0.15, 0.2) is 0 Å². The molecule has 2 aromatic carbocycles. The summed E-state index contributed by atoms with van der Waals surface area (Å²) in [4.78, 5) is 11.9. The molecule has 0 radical (unpaired) electrons. The Hall–Kier alpha value is -2.69. The number of phenols is 2. The van der Waals surface area contributed by atoms with Gasteiger partial charge in [-0.25, -0.2) is 4.79 Å². The summed E-state index contributed by atoms with van der Waals surface area (Å²) in [5.41, 5.74) is 3.01. The van der Waals surface area contributed by atoms with Crippen LogP contribution in [0.4, 0.5) is 5.69 Å². The lowest BCUT2D eigenvalue weighted by atomic mass is 9.48. The maximum absolute atomic E-state index is 11.9. The van der Waals surface area contributed by atoms with E-state index in [0.29, 0.717) is 17.7 Å². The van der Waals surface area contributed by atoms with Gasteiger partial charge in [0.25, 0.3) is 0 Å². The molecular formula is C25H29NO4. The van der Waals surface area contributed by atoms with Crippen molar-refractivity contribution < 1.29 is 20.1 Å². The predicted molar refractivity (Wildman–Crippen MR) is 115 cm³/mol. The van der Waals surface area contributed by atoms with Gasteiger partial charge in [0.1, 0.15) is 11.5 Å². The fourth-order valence-electron chi connectivity index (χ4n) is 6.88. The number of benzene rings is 2. The molecule has 0 heterocycles. The van der Waals surface area contributed by atoms with Crippen LogP contribution < -0.4 is 5.32 Å². The summed E-state index contributed by atoms with van der Waals surface area (Å²) in [6, 6.07) is 9.91. The Morgan fingerprint density at radius 2 is 1.60 bits per heavy atom. The molecule has 4 fully saturated rings. The first-order valence-electron chi connectivity index (χ1n) is 11.0. The van der Waals surface area contributed by atoms with Crippen LogP contribution in [0.2, 0.25) is 0 Å². The topological polar surface area (TPSA) is 89.8 Å². The summed E-state index contributed by atoms with van der Waals surface area (Å²) in [5.74, 6) is 1.86. The summed E-state index contributed by atoms with van der Waals surface area (Å²) in [7, 11) is 0. The van der Waals surface area contributed by atoms with E-state index in [1.54, 1.807) is 12.1 Å². The number of rotatable bonds is 6. The normalized spacial score (nSPS) is 29.1. The summed E-state index contributed by atoms with van der Waals surface area (Å²) in [6.45, 7) is 0.351. The van der Waals surface area contributed by atoms with Crippen LogP contribution in [0.1, 0.15) is 60.0 Å². The molecule has 4 saturated carbocycles. The molecular weight excluding hydrogens is 378 g/mol. The minimum Gasteiger partial charge on any atom is -0.508 e. The molecule has 4 N–H and O–H groups in total. The van der Waals surface area contributed by atoms with Gasteiger partial charge in [-0.1, -0.05) is 0 Å². The molecule has 0 saturated heterocycles. The average Bonchev–Trinajstić information content (AvgIpc) is 2.67. The van der Waals surface area contributed by atoms with Crippen molar-refractivity contribution in [3.63, 3.8) is 0 Å². The molecule has 0 aliphatic heterocycles. The Morgan fingerprint density at radius 3 is 2.23 bits per heavy atom. The molecule has 2 aromatic rings. The smallest absolute Gasteiger partial charge is 0.335 e. The number of carboxylic acids is 1. The standard InChI is InChI=1S/C25H29NO4/c27-21-2-4-23(28)19(9-21)14-26-20-1-3-22(24(29)30)18(8-20)13-25-10-15-5-16(11-25)7-17(6-15)12-25/h1-4,8-9,15-17,26-28H,5-7,10-14H2,(H,29,30). The maximum Gasteiger partial charge on any atom is 0.335 e. The van der Waals surface area contributed by atoms with Crippen LogP contribution in [0.3, 0.4) is 0 Å². The van der Waals surface area contributed by atoms with Crippen molar-refractivity contribution >= 4 is 11.7 Å². The van der Waals surface area contributed by atoms with Crippen LogP contribution in [0.5, 0.6) is 11.5 Å². The van der Waals surface area contributed by atoms with E-state index in [2.05, 4.69) is 5.32 Å². The Kier molecular flexibility index (Phi) is 4.64. The molecule has 6 rings (SSSR count).